The summed E-state index contributed by atoms with van der Waals surface area (Å²) in [5.74, 6) is 0. The van der Waals surface area contributed by atoms with Gasteiger partial charge < -0.3 is 1.43 Å². The van der Waals surface area contributed by atoms with Gasteiger partial charge >= 0.3 is 18.9 Å². The molecule has 78 valence electrons. The number of rotatable bonds is 1. The van der Waals surface area contributed by atoms with E-state index in [1.807, 2.05) is 6.07 Å². The molecule has 3 aromatic rings. The molecular weight excluding hydrogens is 199 g/mol. The zero-order valence-corrected chi connectivity index (χ0v) is 9.93. The maximum atomic E-state index is 2.24. The summed E-state index contributed by atoms with van der Waals surface area (Å²) in [6.07, 6.45) is 0. The van der Waals surface area contributed by atoms with Gasteiger partial charge in [0.1, 0.15) is 0 Å². The van der Waals surface area contributed by atoms with Gasteiger partial charge in [0, 0.05) is 0 Å². The van der Waals surface area contributed by atoms with Crippen molar-refractivity contribution in [3.05, 3.63) is 72.8 Å². The van der Waals surface area contributed by atoms with Crippen molar-refractivity contribution in [1.29, 1.82) is 0 Å². The van der Waals surface area contributed by atoms with E-state index in [0.29, 0.717) is 0 Å². The van der Waals surface area contributed by atoms with Crippen molar-refractivity contribution in [2.75, 3.05) is 0 Å². The van der Waals surface area contributed by atoms with Gasteiger partial charge in [-0.25, -0.2) is 0 Å². The minimum atomic E-state index is 0. The summed E-state index contributed by atoms with van der Waals surface area (Å²) >= 11 is 0. The van der Waals surface area contributed by atoms with Gasteiger partial charge in [0.05, 0.1) is 0 Å². The molecule has 0 aliphatic carbocycles. The van der Waals surface area contributed by atoms with E-state index in [2.05, 4.69) is 66.7 Å². The summed E-state index contributed by atoms with van der Waals surface area (Å²) in [5.41, 5.74) is 2.55. The zero-order chi connectivity index (χ0) is 10.8. The molecule has 0 saturated heterocycles. The largest absolute Gasteiger partial charge is 1.00 e. The molecular formula is C16H13Li. The van der Waals surface area contributed by atoms with E-state index >= 15 is 0 Å². The molecule has 3 rings (SSSR count). The van der Waals surface area contributed by atoms with Gasteiger partial charge in [-0.15, -0.1) is 0 Å². The standard InChI is InChI=1S/C16H12.Li.H/c1-2-6-13(7-3-1)16-11-10-14-8-4-5-9-15(14)12-16;;/h1-12H;;/q;+1;-1. The van der Waals surface area contributed by atoms with Gasteiger partial charge in [0.25, 0.3) is 0 Å². The fraction of sp³-hybridized carbons (Fsp3) is 0. The quantitative estimate of drug-likeness (QED) is 0.538. The van der Waals surface area contributed by atoms with Crippen LogP contribution in [0.5, 0.6) is 0 Å². The summed E-state index contributed by atoms with van der Waals surface area (Å²) in [4.78, 5) is 0. The van der Waals surface area contributed by atoms with E-state index in [1.54, 1.807) is 0 Å². The minimum Gasteiger partial charge on any atom is -1.00 e. The van der Waals surface area contributed by atoms with Crippen molar-refractivity contribution < 1.29 is 20.3 Å². The first-order valence-electron chi connectivity index (χ1n) is 5.48. The van der Waals surface area contributed by atoms with E-state index < -0.39 is 0 Å². The Kier molecular flexibility index (Phi) is 3.69. The fourth-order valence-corrected chi connectivity index (χ4v) is 2.00. The molecule has 0 radical (unpaired) electrons. The third-order valence-corrected chi connectivity index (χ3v) is 2.86. The van der Waals surface area contributed by atoms with Crippen molar-refractivity contribution in [1.82, 2.24) is 0 Å². The molecule has 17 heavy (non-hydrogen) atoms. The SMILES string of the molecule is [H-].[Li+].c1ccc(-c2ccc3ccccc3c2)cc1. The maximum Gasteiger partial charge on any atom is 1.00 e. The van der Waals surface area contributed by atoms with Crippen LogP contribution in [0.4, 0.5) is 0 Å². The van der Waals surface area contributed by atoms with Crippen LogP contribution in [0, 0.1) is 0 Å². The smallest absolute Gasteiger partial charge is 1.00 e. The number of fused-ring (bicyclic) bond motifs is 1. The maximum absolute atomic E-state index is 2.24. The van der Waals surface area contributed by atoms with Crippen molar-refractivity contribution >= 4 is 10.8 Å². The summed E-state index contributed by atoms with van der Waals surface area (Å²) in [6.45, 7) is 0. The first-order chi connectivity index (χ1) is 7.93. The predicted molar refractivity (Wildman–Crippen MR) is 70.5 cm³/mol. The molecule has 0 bridgehead atoms. The molecule has 0 aliphatic rings. The Bertz CT molecular complexity index is 620. The van der Waals surface area contributed by atoms with Crippen molar-refractivity contribution in [3.63, 3.8) is 0 Å². The Labute approximate surface area is 115 Å². The summed E-state index contributed by atoms with van der Waals surface area (Å²) in [6, 6.07) is 25.5. The van der Waals surface area contributed by atoms with Gasteiger partial charge in [-0.05, 0) is 28.0 Å². The van der Waals surface area contributed by atoms with E-state index in [-0.39, 0.29) is 20.3 Å². The van der Waals surface area contributed by atoms with Crippen LogP contribution < -0.4 is 18.9 Å². The van der Waals surface area contributed by atoms with Crippen LogP contribution >= 0.6 is 0 Å². The number of hydrogen-bond acceptors (Lipinski definition) is 0. The summed E-state index contributed by atoms with van der Waals surface area (Å²) in [5, 5.41) is 2.59. The molecule has 0 saturated carbocycles. The van der Waals surface area contributed by atoms with E-state index in [0.717, 1.165) is 0 Å². The monoisotopic (exact) mass is 212 g/mol. The van der Waals surface area contributed by atoms with Gasteiger partial charge in [0.15, 0.2) is 0 Å². The number of benzene rings is 3. The fourth-order valence-electron chi connectivity index (χ4n) is 2.00. The molecule has 0 N–H and O–H groups in total. The average molecular weight is 212 g/mol. The summed E-state index contributed by atoms with van der Waals surface area (Å²) < 4.78 is 0. The molecule has 0 unspecified atom stereocenters. The Morgan fingerprint density at radius 2 is 1.18 bits per heavy atom. The van der Waals surface area contributed by atoms with Crippen molar-refractivity contribution in [3.8, 4) is 11.1 Å². The van der Waals surface area contributed by atoms with Crippen molar-refractivity contribution in [2.24, 2.45) is 0 Å². The van der Waals surface area contributed by atoms with Crippen LogP contribution in [-0.2, 0) is 0 Å². The van der Waals surface area contributed by atoms with Gasteiger partial charge in [0.2, 0.25) is 0 Å². The molecule has 0 nitrogen and oxygen atoms in total. The molecule has 3 aromatic carbocycles. The van der Waals surface area contributed by atoms with Crippen LogP contribution in [0.3, 0.4) is 0 Å². The van der Waals surface area contributed by atoms with Crippen LogP contribution in [-0.4, -0.2) is 0 Å². The normalized spacial score (nSPS) is 9.88. The Hall–Kier alpha value is -1.48. The topological polar surface area (TPSA) is 0 Å². The van der Waals surface area contributed by atoms with Gasteiger partial charge in [-0.1, -0.05) is 66.7 Å². The summed E-state index contributed by atoms with van der Waals surface area (Å²) in [7, 11) is 0. The second-order valence-electron chi connectivity index (χ2n) is 3.93. The van der Waals surface area contributed by atoms with E-state index in [4.69, 9.17) is 0 Å². The van der Waals surface area contributed by atoms with Crippen LogP contribution in [0.15, 0.2) is 72.8 Å². The zero-order valence-electron chi connectivity index (χ0n) is 10.9. The minimum absolute atomic E-state index is 0. The van der Waals surface area contributed by atoms with Crippen LogP contribution in [0.2, 0.25) is 0 Å². The first kappa shape index (κ1) is 12.0. The first-order valence-corrected chi connectivity index (χ1v) is 5.48. The Balaban J connectivity index is 0.000000810. The predicted octanol–water partition coefficient (Wildman–Crippen LogP) is 1.62. The molecule has 0 spiro atoms. The number of hydrogen-bond donors (Lipinski definition) is 0. The van der Waals surface area contributed by atoms with Gasteiger partial charge in [-0.3, -0.25) is 0 Å². The Morgan fingerprint density at radius 3 is 1.94 bits per heavy atom. The van der Waals surface area contributed by atoms with E-state index in [9.17, 15) is 0 Å². The van der Waals surface area contributed by atoms with Crippen LogP contribution in [0.1, 0.15) is 1.43 Å². The third kappa shape index (κ3) is 2.44. The molecule has 0 fully saturated rings. The molecule has 1 heteroatoms. The average Bonchev–Trinajstić information content (AvgIpc) is 2.39. The Morgan fingerprint density at radius 1 is 0.529 bits per heavy atom. The molecule has 0 heterocycles. The molecule has 0 amide bonds. The van der Waals surface area contributed by atoms with E-state index in [1.165, 1.54) is 21.9 Å². The van der Waals surface area contributed by atoms with Crippen LogP contribution in [0.25, 0.3) is 21.9 Å². The molecule has 0 aliphatic heterocycles. The second-order valence-corrected chi connectivity index (χ2v) is 3.93. The molecule has 0 aromatic heterocycles. The molecule has 0 atom stereocenters. The van der Waals surface area contributed by atoms with Gasteiger partial charge in [-0.2, -0.15) is 0 Å². The third-order valence-electron chi connectivity index (χ3n) is 2.86. The van der Waals surface area contributed by atoms with Crippen molar-refractivity contribution in [2.45, 2.75) is 0 Å². The second kappa shape index (κ2) is 5.23.